The van der Waals surface area contributed by atoms with Gasteiger partial charge in [0.2, 0.25) is 5.91 Å². The standard InChI is InChI=1S/C13H15BrN4O8S/c1-2-26-27(24,25)6-5-16(8-10(14)13(15)19)11-4-3-9(17(20)21)7-12(11)18(22)23/h3-7,10H,2,8H2,1H3,(H2,15,19). The zero-order valence-electron chi connectivity index (χ0n) is 13.8. The van der Waals surface area contributed by atoms with E-state index in [4.69, 9.17) is 5.73 Å². The van der Waals surface area contributed by atoms with Crippen molar-refractivity contribution in [2.75, 3.05) is 18.1 Å². The second kappa shape index (κ2) is 9.38. The molecule has 2 N–H and O–H groups in total. The van der Waals surface area contributed by atoms with Crippen molar-refractivity contribution in [3.8, 4) is 0 Å². The maximum Gasteiger partial charge on any atom is 0.299 e. The van der Waals surface area contributed by atoms with Crippen molar-refractivity contribution >= 4 is 49.0 Å². The lowest BCUT2D eigenvalue weighted by atomic mass is 10.2. The van der Waals surface area contributed by atoms with E-state index in [2.05, 4.69) is 20.1 Å². The quantitative estimate of drug-likeness (QED) is 0.231. The smallest absolute Gasteiger partial charge is 0.299 e. The summed E-state index contributed by atoms with van der Waals surface area (Å²) in [4.78, 5) is 31.8. The van der Waals surface area contributed by atoms with Gasteiger partial charge in [-0.1, -0.05) is 15.9 Å². The van der Waals surface area contributed by atoms with Gasteiger partial charge in [0.1, 0.15) is 10.5 Å². The summed E-state index contributed by atoms with van der Waals surface area (Å²) in [5.41, 5.74) is 3.78. The van der Waals surface area contributed by atoms with Gasteiger partial charge in [0, 0.05) is 18.8 Å². The molecule has 148 valence electrons. The Balaban J connectivity index is 3.45. The first-order valence-corrected chi connectivity index (χ1v) is 9.57. The van der Waals surface area contributed by atoms with Gasteiger partial charge in [-0.15, -0.1) is 0 Å². The van der Waals surface area contributed by atoms with Crippen LogP contribution in [0.4, 0.5) is 17.1 Å². The Labute approximate surface area is 162 Å². The number of alkyl halides is 1. The number of nitrogens with zero attached hydrogens (tertiary/aromatic N) is 3. The van der Waals surface area contributed by atoms with Crippen LogP contribution in [0.3, 0.4) is 0 Å². The minimum Gasteiger partial charge on any atom is -0.369 e. The van der Waals surface area contributed by atoms with Gasteiger partial charge < -0.3 is 10.6 Å². The zero-order chi connectivity index (χ0) is 20.8. The van der Waals surface area contributed by atoms with Crippen molar-refractivity contribution in [1.29, 1.82) is 0 Å². The van der Waals surface area contributed by atoms with E-state index in [0.717, 1.165) is 29.3 Å². The number of carbonyl (C=O) groups is 1. The fraction of sp³-hybridized carbons (Fsp3) is 0.308. The van der Waals surface area contributed by atoms with Crippen molar-refractivity contribution in [2.45, 2.75) is 11.8 Å². The number of benzene rings is 1. The molecule has 1 atom stereocenters. The van der Waals surface area contributed by atoms with Gasteiger partial charge >= 0.3 is 0 Å². The molecule has 1 rings (SSSR count). The highest BCUT2D eigenvalue weighted by Gasteiger charge is 2.25. The number of hydrogen-bond donors (Lipinski definition) is 1. The molecule has 0 aliphatic carbocycles. The lowest BCUT2D eigenvalue weighted by Crippen LogP contribution is -2.34. The van der Waals surface area contributed by atoms with E-state index in [1.54, 1.807) is 0 Å². The summed E-state index contributed by atoms with van der Waals surface area (Å²) in [5.74, 6) is -0.800. The molecule has 0 bridgehead atoms. The van der Waals surface area contributed by atoms with Crippen molar-refractivity contribution in [2.24, 2.45) is 5.73 Å². The minimum atomic E-state index is -4.08. The predicted octanol–water partition coefficient (Wildman–Crippen LogP) is 1.40. The lowest BCUT2D eigenvalue weighted by Gasteiger charge is -2.22. The molecule has 1 aromatic rings. The third-order valence-electron chi connectivity index (χ3n) is 3.03. The van der Waals surface area contributed by atoms with Gasteiger partial charge in [0.15, 0.2) is 0 Å². The first-order chi connectivity index (χ1) is 12.5. The molecule has 1 unspecified atom stereocenters. The molecule has 0 spiro atoms. The van der Waals surface area contributed by atoms with Gasteiger partial charge in [-0.05, 0) is 13.0 Å². The summed E-state index contributed by atoms with van der Waals surface area (Å²) in [6.45, 7) is 1.03. The second-order valence-corrected chi connectivity index (χ2v) is 7.49. The van der Waals surface area contributed by atoms with E-state index in [-0.39, 0.29) is 18.8 Å². The summed E-state index contributed by atoms with van der Waals surface area (Å²) >= 11 is 2.98. The van der Waals surface area contributed by atoms with Gasteiger partial charge in [-0.25, -0.2) is 0 Å². The molecule has 0 saturated heterocycles. The Morgan fingerprint density at radius 1 is 1.37 bits per heavy atom. The molecule has 1 aromatic carbocycles. The number of halogens is 1. The molecule has 0 fully saturated rings. The number of anilines is 1. The maximum absolute atomic E-state index is 11.7. The van der Waals surface area contributed by atoms with Crippen molar-refractivity contribution in [3.63, 3.8) is 0 Å². The molecule has 0 aliphatic heterocycles. The molecule has 0 saturated carbocycles. The summed E-state index contributed by atoms with van der Waals surface area (Å²) in [5, 5.41) is 22.8. The molecule has 0 radical (unpaired) electrons. The minimum absolute atomic E-state index is 0.132. The highest BCUT2D eigenvalue weighted by molar-refractivity contribution is 9.10. The van der Waals surface area contributed by atoms with Gasteiger partial charge in [-0.3, -0.25) is 29.2 Å². The van der Waals surface area contributed by atoms with Crippen molar-refractivity contribution < 1.29 is 27.2 Å². The Hall–Kier alpha value is -2.58. The Kier molecular flexibility index (Phi) is 7.81. The number of rotatable bonds is 10. The number of non-ortho nitro benzene ring substituents is 1. The van der Waals surface area contributed by atoms with E-state index >= 15 is 0 Å². The summed E-state index contributed by atoms with van der Waals surface area (Å²) in [7, 11) is -4.08. The Morgan fingerprint density at radius 2 is 2.00 bits per heavy atom. The van der Waals surface area contributed by atoms with Crippen molar-refractivity contribution in [1.82, 2.24) is 0 Å². The monoisotopic (exact) mass is 466 g/mol. The average Bonchev–Trinajstić information content (AvgIpc) is 2.57. The summed E-state index contributed by atoms with van der Waals surface area (Å²) in [6.07, 6.45) is 0.941. The molecule has 0 aliphatic rings. The third kappa shape index (κ3) is 6.58. The van der Waals surface area contributed by atoms with Crippen LogP contribution in [0.5, 0.6) is 0 Å². The Morgan fingerprint density at radius 3 is 2.48 bits per heavy atom. The van der Waals surface area contributed by atoms with E-state index in [1.165, 1.54) is 6.92 Å². The molecule has 12 nitrogen and oxygen atoms in total. The number of amides is 1. The predicted molar refractivity (Wildman–Crippen MR) is 98.7 cm³/mol. The second-order valence-electron chi connectivity index (χ2n) is 4.89. The van der Waals surface area contributed by atoms with Gasteiger partial charge in [0.25, 0.3) is 21.5 Å². The summed E-state index contributed by atoms with van der Waals surface area (Å²) < 4.78 is 27.9. The van der Waals surface area contributed by atoms with Crippen LogP contribution < -0.4 is 10.6 Å². The van der Waals surface area contributed by atoms with Crippen LogP contribution in [-0.2, 0) is 19.1 Å². The topological polar surface area (TPSA) is 176 Å². The molecule has 0 aromatic heterocycles. The zero-order valence-corrected chi connectivity index (χ0v) is 16.3. The van der Waals surface area contributed by atoms with Crippen LogP contribution in [0.1, 0.15) is 6.92 Å². The van der Waals surface area contributed by atoms with Crippen LogP contribution >= 0.6 is 15.9 Å². The van der Waals surface area contributed by atoms with E-state index in [9.17, 15) is 33.4 Å². The van der Waals surface area contributed by atoms with Crippen LogP contribution in [0.25, 0.3) is 0 Å². The van der Waals surface area contributed by atoms with Crippen molar-refractivity contribution in [3.05, 3.63) is 50.0 Å². The summed E-state index contributed by atoms with van der Waals surface area (Å²) in [6, 6.07) is 2.79. The number of hydrogen-bond acceptors (Lipinski definition) is 9. The molecule has 14 heteroatoms. The number of nitrogens with two attached hydrogens (primary N) is 1. The first-order valence-electron chi connectivity index (χ1n) is 7.19. The van der Waals surface area contributed by atoms with Crippen LogP contribution in [0.15, 0.2) is 29.8 Å². The normalized spacial score (nSPS) is 12.7. The van der Waals surface area contributed by atoms with Gasteiger partial charge in [-0.2, -0.15) is 8.42 Å². The van der Waals surface area contributed by atoms with Crippen LogP contribution in [0, 0.1) is 20.2 Å². The van der Waals surface area contributed by atoms with E-state index in [1.807, 2.05) is 0 Å². The lowest BCUT2D eigenvalue weighted by molar-refractivity contribution is -0.393. The highest BCUT2D eigenvalue weighted by atomic mass is 79.9. The first kappa shape index (κ1) is 22.5. The number of nitro benzene ring substituents is 2. The number of nitro groups is 2. The molecule has 0 heterocycles. The van der Waals surface area contributed by atoms with E-state index in [0.29, 0.717) is 5.41 Å². The molecule has 1 amide bonds. The SMILES string of the molecule is CCOS(=O)(=O)C=CN(CC(Br)C(N)=O)c1ccc([N+](=O)[O-])cc1[N+](=O)[O-]. The third-order valence-corrected chi connectivity index (χ3v) is 4.79. The highest BCUT2D eigenvalue weighted by Crippen LogP contribution is 2.33. The molecular weight excluding hydrogens is 452 g/mol. The van der Waals surface area contributed by atoms with Gasteiger partial charge in [0.05, 0.1) is 27.9 Å². The number of carbonyl (C=O) groups excluding carboxylic acids is 1. The molecule has 27 heavy (non-hydrogen) atoms. The number of primary amides is 1. The largest absolute Gasteiger partial charge is 0.369 e. The fourth-order valence-electron chi connectivity index (χ4n) is 1.87. The van der Waals surface area contributed by atoms with Crippen LogP contribution in [-0.4, -0.2) is 42.2 Å². The Bertz CT molecular complexity index is 873. The van der Waals surface area contributed by atoms with Crippen LogP contribution in [0.2, 0.25) is 0 Å². The average molecular weight is 467 g/mol. The molecular formula is C13H15BrN4O8S. The fourth-order valence-corrected chi connectivity index (χ4v) is 2.88. The van der Waals surface area contributed by atoms with E-state index < -0.39 is 42.1 Å². The maximum atomic E-state index is 11.7.